The Labute approximate surface area is 98.8 Å². The fourth-order valence-electron chi connectivity index (χ4n) is 2.40. The van der Waals surface area contributed by atoms with Crippen LogP contribution in [0.1, 0.15) is 30.9 Å². The number of nitrogens with two attached hydrogens (primary N) is 1. The zero-order chi connectivity index (χ0) is 12.7. The molecule has 0 heterocycles. The zero-order valence-corrected chi connectivity index (χ0v) is 9.72. The molecule has 0 aromatic heterocycles. The van der Waals surface area contributed by atoms with Gasteiger partial charge in [-0.1, -0.05) is 31.5 Å². The topological polar surface area (TPSA) is 26.0 Å². The molecule has 1 aliphatic rings. The third kappa shape index (κ3) is 2.63. The summed E-state index contributed by atoms with van der Waals surface area (Å²) in [6, 6.07) is 5.47. The predicted octanol–water partition coefficient (Wildman–Crippen LogP) is 3.38. The van der Waals surface area contributed by atoms with Crippen LogP contribution in [0.2, 0.25) is 0 Å². The first-order valence-corrected chi connectivity index (χ1v) is 5.80. The number of halogens is 3. The Hall–Kier alpha value is -1.03. The number of hydrogen-bond donors (Lipinski definition) is 1. The summed E-state index contributed by atoms with van der Waals surface area (Å²) in [4.78, 5) is 0. The molecule has 2 unspecified atom stereocenters. The molecule has 94 valence electrons. The summed E-state index contributed by atoms with van der Waals surface area (Å²) in [6.45, 7) is 2.06. The number of hydrogen-bond acceptors (Lipinski definition) is 1. The highest BCUT2D eigenvalue weighted by Gasteiger charge is 2.49. The summed E-state index contributed by atoms with van der Waals surface area (Å²) in [5, 5.41) is 0. The molecule has 2 atom stereocenters. The Morgan fingerprint density at radius 2 is 2.12 bits per heavy atom. The lowest BCUT2D eigenvalue weighted by Gasteiger charge is -2.13. The van der Waals surface area contributed by atoms with E-state index < -0.39 is 11.7 Å². The van der Waals surface area contributed by atoms with Gasteiger partial charge in [-0.3, -0.25) is 0 Å². The Morgan fingerprint density at radius 3 is 2.65 bits per heavy atom. The van der Waals surface area contributed by atoms with E-state index in [1.165, 1.54) is 12.1 Å². The van der Waals surface area contributed by atoms with Gasteiger partial charge < -0.3 is 5.73 Å². The minimum Gasteiger partial charge on any atom is -0.325 e. The van der Waals surface area contributed by atoms with Crippen LogP contribution >= 0.6 is 0 Å². The van der Waals surface area contributed by atoms with Gasteiger partial charge in [0.25, 0.3) is 0 Å². The molecule has 4 heteroatoms. The molecule has 0 spiro atoms. The zero-order valence-electron chi connectivity index (χ0n) is 9.72. The lowest BCUT2D eigenvalue weighted by molar-refractivity contribution is -0.137. The van der Waals surface area contributed by atoms with Gasteiger partial charge in [0.15, 0.2) is 0 Å². The lowest BCUT2D eigenvalue weighted by atomic mass is 10.00. The normalized spacial score (nSPS) is 28.2. The summed E-state index contributed by atoms with van der Waals surface area (Å²) in [5.74, 6) is 0.456. The van der Waals surface area contributed by atoms with Crippen LogP contribution in [0.5, 0.6) is 0 Å². The molecule has 1 fully saturated rings. The van der Waals surface area contributed by atoms with Crippen molar-refractivity contribution in [1.82, 2.24) is 0 Å². The van der Waals surface area contributed by atoms with Gasteiger partial charge in [0.2, 0.25) is 0 Å². The fourth-order valence-corrected chi connectivity index (χ4v) is 2.40. The maximum Gasteiger partial charge on any atom is 0.416 e. The third-order valence-electron chi connectivity index (χ3n) is 3.56. The van der Waals surface area contributed by atoms with Crippen molar-refractivity contribution in [3.05, 3.63) is 35.4 Å². The summed E-state index contributed by atoms with van der Waals surface area (Å²) in [7, 11) is 0. The molecule has 2 rings (SSSR count). The Morgan fingerprint density at radius 1 is 1.41 bits per heavy atom. The van der Waals surface area contributed by atoms with Crippen molar-refractivity contribution in [2.24, 2.45) is 11.7 Å². The molecule has 2 N–H and O–H groups in total. The average Bonchev–Trinajstić information content (AvgIpc) is 2.88. The van der Waals surface area contributed by atoms with Crippen molar-refractivity contribution in [3.63, 3.8) is 0 Å². The van der Waals surface area contributed by atoms with Crippen LogP contribution in [0, 0.1) is 5.92 Å². The van der Waals surface area contributed by atoms with Gasteiger partial charge in [-0.15, -0.1) is 0 Å². The molecule has 1 aromatic carbocycles. The van der Waals surface area contributed by atoms with Gasteiger partial charge >= 0.3 is 6.18 Å². The smallest absolute Gasteiger partial charge is 0.325 e. The van der Waals surface area contributed by atoms with E-state index >= 15 is 0 Å². The molecular weight excluding hydrogens is 227 g/mol. The standard InChI is InChI=1S/C13H16F3N/c1-2-10-8-12(10,17)7-9-4-3-5-11(6-9)13(14,15)16/h3-6,10H,2,7-8,17H2,1H3. The fraction of sp³-hybridized carbons (Fsp3) is 0.538. The Kier molecular flexibility index (Phi) is 2.94. The Bertz CT molecular complexity index is 413. The maximum absolute atomic E-state index is 12.5. The van der Waals surface area contributed by atoms with E-state index in [1.54, 1.807) is 6.07 Å². The van der Waals surface area contributed by atoms with Gasteiger partial charge in [-0.25, -0.2) is 0 Å². The van der Waals surface area contributed by atoms with E-state index in [0.717, 1.165) is 18.9 Å². The van der Waals surface area contributed by atoms with Crippen molar-refractivity contribution in [2.45, 2.75) is 37.9 Å². The highest BCUT2D eigenvalue weighted by Crippen LogP contribution is 2.45. The van der Waals surface area contributed by atoms with Gasteiger partial charge in [-0.05, 0) is 30.4 Å². The molecule has 0 aliphatic heterocycles. The second-order valence-electron chi connectivity index (χ2n) is 4.92. The molecule has 0 amide bonds. The Balaban J connectivity index is 2.13. The van der Waals surface area contributed by atoms with Crippen LogP contribution in [-0.2, 0) is 12.6 Å². The first kappa shape index (κ1) is 12.4. The molecule has 0 bridgehead atoms. The summed E-state index contributed by atoms with van der Waals surface area (Å²) < 4.78 is 37.6. The van der Waals surface area contributed by atoms with Crippen molar-refractivity contribution >= 4 is 0 Å². The number of alkyl halides is 3. The predicted molar refractivity (Wildman–Crippen MR) is 60.5 cm³/mol. The van der Waals surface area contributed by atoms with Crippen LogP contribution in [0.25, 0.3) is 0 Å². The maximum atomic E-state index is 12.5. The second-order valence-corrected chi connectivity index (χ2v) is 4.92. The summed E-state index contributed by atoms with van der Waals surface area (Å²) >= 11 is 0. The monoisotopic (exact) mass is 243 g/mol. The van der Waals surface area contributed by atoms with E-state index in [2.05, 4.69) is 6.92 Å². The second kappa shape index (κ2) is 4.02. The van der Waals surface area contributed by atoms with E-state index in [4.69, 9.17) is 5.73 Å². The molecule has 0 radical (unpaired) electrons. The number of rotatable bonds is 3. The lowest BCUT2D eigenvalue weighted by Crippen LogP contribution is -2.27. The van der Waals surface area contributed by atoms with Gasteiger partial charge in [0.05, 0.1) is 5.56 Å². The largest absolute Gasteiger partial charge is 0.416 e. The SMILES string of the molecule is CCC1CC1(N)Cc1cccc(C(F)(F)F)c1. The first-order valence-electron chi connectivity index (χ1n) is 5.80. The van der Waals surface area contributed by atoms with Crippen LogP contribution in [0.4, 0.5) is 13.2 Å². The van der Waals surface area contributed by atoms with E-state index in [1.807, 2.05) is 0 Å². The van der Waals surface area contributed by atoms with Crippen LogP contribution in [0.3, 0.4) is 0 Å². The van der Waals surface area contributed by atoms with E-state index in [9.17, 15) is 13.2 Å². The van der Waals surface area contributed by atoms with Crippen molar-refractivity contribution < 1.29 is 13.2 Å². The van der Waals surface area contributed by atoms with Crippen LogP contribution in [0.15, 0.2) is 24.3 Å². The van der Waals surface area contributed by atoms with Gasteiger partial charge in [0.1, 0.15) is 0 Å². The molecular formula is C13H16F3N. The highest BCUT2D eigenvalue weighted by atomic mass is 19.4. The van der Waals surface area contributed by atoms with Crippen LogP contribution in [-0.4, -0.2) is 5.54 Å². The van der Waals surface area contributed by atoms with Gasteiger partial charge in [-0.2, -0.15) is 13.2 Å². The molecule has 17 heavy (non-hydrogen) atoms. The van der Waals surface area contributed by atoms with E-state index in [-0.39, 0.29) is 5.54 Å². The quantitative estimate of drug-likeness (QED) is 0.865. The van der Waals surface area contributed by atoms with Crippen molar-refractivity contribution in [2.75, 3.05) is 0 Å². The van der Waals surface area contributed by atoms with Crippen molar-refractivity contribution in [1.29, 1.82) is 0 Å². The molecule has 1 saturated carbocycles. The first-order chi connectivity index (χ1) is 7.85. The number of benzene rings is 1. The summed E-state index contributed by atoms with van der Waals surface area (Å²) in [6.07, 6.45) is -1.82. The summed E-state index contributed by atoms with van der Waals surface area (Å²) in [5.41, 5.74) is 5.92. The van der Waals surface area contributed by atoms with Crippen LogP contribution < -0.4 is 5.73 Å². The van der Waals surface area contributed by atoms with Gasteiger partial charge in [0, 0.05) is 5.54 Å². The highest BCUT2D eigenvalue weighted by molar-refractivity contribution is 5.29. The molecule has 1 aliphatic carbocycles. The van der Waals surface area contributed by atoms with Crippen molar-refractivity contribution in [3.8, 4) is 0 Å². The average molecular weight is 243 g/mol. The minimum atomic E-state index is -4.27. The third-order valence-corrected chi connectivity index (χ3v) is 3.56. The van der Waals surface area contributed by atoms with E-state index in [0.29, 0.717) is 17.9 Å². The molecule has 0 saturated heterocycles. The minimum absolute atomic E-state index is 0.279. The molecule has 1 nitrogen and oxygen atoms in total. The molecule has 1 aromatic rings.